The lowest BCUT2D eigenvalue weighted by molar-refractivity contribution is -0.128. The summed E-state index contributed by atoms with van der Waals surface area (Å²) in [5.41, 5.74) is 0.878. The van der Waals surface area contributed by atoms with Gasteiger partial charge >= 0.3 is 0 Å². The number of benzene rings is 1. The van der Waals surface area contributed by atoms with Crippen molar-refractivity contribution in [3.63, 3.8) is 0 Å². The van der Waals surface area contributed by atoms with Gasteiger partial charge in [0.1, 0.15) is 6.17 Å². The smallest absolute Gasteiger partial charge is 0.238 e. The van der Waals surface area contributed by atoms with Gasteiger partial charge in [0.25, 0.3) is 0 Å². The van der Waals surface area contributed by atoms with Crippen molar-refractivity contribution in [2.45, 2.75) is 24.3 Å². The molecule has 2 saturated heterocycles. The zero-order chi connectivity index (χ0) is 15.0. The largest absolute Gasteiger partial charge is 0.321 e. The molecule has 0 aromatic heterocycles. The van der Waals surface area contributed by atoms with Crippen LogP contribution in [-0.4, -0.2) is 43.3 Å². The third-order valence-corrected chi connectivity index (χ3v) is 6.60. The summed E-state index contributed by atoms with van der Waals surface area (Å²) in [5.74, 6) is 0.164. The summed E-state index contributed by atoms with van der Waals surface area (Å²) < 4.78 is 23.9. The molecule has 0 radical (unpaired) electrons. The average Bonchev–Trinajstić information content (AvgIpc) is 2.94. The fraction of sp³-hybridized carbons (Fsp3) is 0.500. The molecule has 2 heterocycles. The van der Waals surface area contributed by atoms with Crippen molar-refractivity contribution in [1.29, 1.82) is 0 Å². The molecule has 21 heavy (non-hydrogen) atoms. The Labute approximate surface area is 129 Å². The summed E-state index contributed by atoms with van der Waals surface area (Å²) in [6.07, 6.45) is 1.02. The molecule has 2 unspecified atom stereocenters. The van der Waals surface area contributed by atoms with E-state index in [-0.39, 0.29) is 30.9 Å². The SMILES string of the molecule is O=C1CNC(c2cccc(Cl)c2)N1CC1CCCS1(=O)=O. The van der Waals surface area contributed by atoms with E-state index < -0.39 is 15.1 Å². The van der Waals surface area contributed by atoms with Crippen LogP contribution < -0.4 is 5.32 Å². The van der Waals surface area contributed by atoms with Gasteiger partial charge in [-0.3, -0.25) is 10.1 Å². The highest BCUT2D eigenvalue weighted by Crippen LogP contribution is 2.28. The van der Waals surface area contributed by atoms with Gasteiger partial charge in [-0.2, -0.15) is 0 Å². The minimum absolute atomic E-state index is 0.0675. The Morgan fingerprint density at radius 1 is 1.38 bits per heavy atom. The van der Waals surface area contributed by atoms with Gasteiger partial charge in [0.05, 0.1) is 17.5 Å². The van der Waals surface area contributed by atoms with E-state index >= 15 is 0 Å². The summed E-state index contributed by atoms with van der Waals surface area (Å²) in [6.45, 7) is 0.481. The Kier molecular flexibility index (Phi) is 3.94. The first kappa shape index (κ1) is 14.8. The van der Waals surface area contributed by atoms with Gasteiger partial charge in [-0.15, -0.1) is 0 Å². The van der Waals surface area contributed by atoms with Crippen LogP contribution in [0.3, 0.4) is 0 Å². The molecule has 1 aromatic carbocycles. The van der Waals surface area contributed by atoms with Crippen molar-refractivity contribution < 1.29 is 13.2 Å². The van der Waals surface area contributed by atoms with Crippen LogP contribution >= 0.6 is 11.6 Å². The van der Waals surface area contributed by atoms with Gasteiger partial charge in [-0.05, 0) is 30.5 Å². The second kappa shape index (κ2) is 5.59. The lowest BCUT2D eigenvalue weighted by atomic mass is 10.1. The molecular weight excluding hydrogens is 312 g/mol. The lowest BCUT2D eigenvalue weighted by Crippen LogP contribution is -2.38. The molecule has 114 valence electrons. The molecule has 7 heteroatoms. The lowest BCUT2D eigenvalue weighted by Gasteiger charge is -2.27. The number of carbonyl (C=O) groups is 1. The Hall–Kier alpha value is -1.11. The van der Waals surface area contributed by atoms with E-state index in [2.05, 4.69) is 5.32 Å². The van der Waals surface area contributed by atoms with E-state index in [1.54, 1.807) is 17.0 Å². The molecule has 0 aliphatic carbocycles. The first-order valence-corrected chi connectivity index (χ1v) is 9.06. The molecule has 1 aromatic rings. The molecular formula is C14H17ClN2O3S. The normalized spacial score (nSPS) is 28.2. The third kappa shape index (κ3) is 2.93. The van der Waals surface area contributed by atoms with Gasteiger partial charge in [0, 0.05) is 11.6 Å². The summed E-state index contributed by atoms with van der Waals surface area (Å²) in [5, 5.41) is 3.28. The molecule has 2 aliphatic heterocycles. The van der Waals surface area contributed by atoms with Gasteiger partial charge in [0.15, 0.2) is 9.84 Å². The number of amides is 1. The molecule has 3 rings (SSSR count). The zero-order valence-corrected chi connectivity index (χ0v) is 13.0. The highest BCUT2D eigenvalue weighted by Gasteiger charge is 2.38. The number of hydrogen-bond acceptors (Lipinski definition) is 4. The van der Waals surface area contributed by atoms with Gasteiger partial charge in [-0.25, -0.2) is 8.42 Å². The van der Waals surface area contributed by atoms with Crippen molar-refractivity contribution in [3.8, 4) is 0 Å². The quantitative estimate of drug-likeness (QED) is 0.909. The third-order valence-electron chi connectivity index (χ3n) is 4.11. The Morgan fingerprint density at radius 2 is 2.19 bits per heavy atom. The number of nitrogens with zero attached hydrogens (tertiary/aromatic N) is 1. The maximum Gasteiger partial charge on any atom is 0.238 e. The number of nitrogens with one attached hydrogen (secondary N) is 1. The van der Waals surface area contributed by atoms with Crippen LogP contribution in [0.4, 0.5) is 0 Å². The maximum absolute atomic E-state index is 12.1. The minimum atomic E-state index is -3.06. The van der Waals surface area contributed by atoms with Crippen LogP contribution in [0.5, 0.6) is 0 Å². The molecule has 1 amide bonds. The second-order valence-corrected chi connectivity index (χ2v) is 8.35. The minimum Gasteiger partial charge on any atom is -0.321 e. The maximum atomic E-state index is 12.1. The average molecular weight is 329 g/mol. The predicted molar refractivity (Wildman–Crippen MR) is 80.7 cm³/mol. The second-order valence-electron chi connectivity index (χ2n) is 5.52. The van der Waals surface area contributed by atoms with E-state index in [0.29, 0.717) is 17.9 Å². The summed E-state index contributed by atoms with van der Waals surface area (Å²) in [4.78, 5) is 13.7. The van der Waals surface area contributed by atoms with Crippen LogP contribution in [0, 0.1) is 0 Å². The first-order valence-electron chi connectivity index (χ1n) is 6.97. The Morgan fingerprint density at radius 3 is 2.86 bits per heavy atom. The van der Waals surface area contributed by atoms with Crippen LogP contribution in [-0.2, 0) is 14.6 Å². The highest BCUT2D eigenvalue weighted by molar-refractivity contribution is 7.92. The van der Waals surface area contributed by atoms with Crippen molar-refractivity contribution in [2.75, 3.05) is 18.8 Å². The zero-order valence-electron chi connectivity index (χ0n) is 11.5. The fourth-order valence-corrected chi connectivity index (χ4v) is 5.02. The fourth-order valence-electron chi connectivity index (χ4n) is 3.00. The van der Waals surface area contributed by atoms with E-state index in [9.17, 15) is 13.2 Å². The van der Waals surface area contributed by atoms with Crippen molar-refractivity contribution in [1.82, 2.24) is 10.2 Å². The van der Waals surface area contributed by atoms with Crippen molar-refractivity contribution >= 4 is 27.3 Å². The molecule has 0 saturated carbocycles. The van der Waals surface area contributed by atoms with E-state index in [4.69, 9.17) is 11.6 Å². The van der Waals surface area contributed by atoms with Crippen LogP contribution in [0.25, 0.3) is 0 Å². The van der Waals surface area contributed by atoms with E-state index in [1.165, 1.54) is 0 Å². The predicted octanol–water partition coefficient (Wildman–Crippen LogP) is 1.35. The standard InChI is InChI=1S/C14H17ClN2O3S/c15-11-4-1-3-10(7-11)14-16-8-13(18)17(14)9-12-5-2-6-21(12,19)20/h1,3-4,7,12,14,16H,2,5-6,8-9H2. The van der Waals surface area contributed by atoms with Gasteiger partial charge in [0.2, 0.25) is 5.91 Å². The van der Waals surface area contributed by atoms with Crippen LogP contribution in [0.15, 0.2) is 24.3 Å². The van der Waals surface area contributed by atoms with Crippen LogP contribution in [0.2, 0.25) is 5.02 Å². The monoisotopic (exact) mass is 328 g/mol. The van der Waals surface area contributed by atoms with Crippen molar-refractivity contribution in [3.05, 3.63) is 34.9 Å². The first-order chi connectivity index (χ1) is 9.97. The molecule has 2 atom stereocenters. The number of hydrogen-bond donors (Lipinski definition) is 1. The topological polar surface area (TPSA) is 66.5 Å². The van der Waals surface area contributed by atoms with Gasteiger partial charge in [-0.1, -0.05) is 23.7 Å². The number of sulfone groups is 1. The summed E-state index contributed by atoms with van der Waals surface area (Å²) >= 11 is 6.00. The Bertz CT molecular complexity index is 662. The highest BCUT2D eigenvalue weighted by atomic mass is 35.5. The Balaban J connectivity index is 1.83. The molecule has 0 spiro atoms. The summed E-state index contributed by atoms with van der Waals surface area (Å²) in [6, 6.07) is 7.28. The summed E-state index contributed by atoms with van der Waals surface area (Å²) in [7, 11) is -3.06. The van der Waals surface area contributed by atoms with Crippen LogP contribution in [0.1, 0.15) is 24.6 Å². The molecule has 0 bridgehead atoms. The van der Waals surface area contributed by atoms with E-state index in [1.807, 2.05) is 12.1 Å². The molecule has 1 N–H and O–H groups in total. The van der Waals surface area contributed by atoms with Crippen molar-refractivity contribution in [2.24, 2.45) is 0 Å². The molecule has 5 nitrogen and oxygen atoms in total. The van der Waals surface area contributed by atoms with E-state index in [0.717, 1.165) is 5.56 Å². The number of rotatable bonds is 3. The number of halogens is 1. The molecule has 2 fully saturated rings. The number of carbonyl (C=O) groups excluding carboxylic acids is 1. The molecule has 2 aliphatic rings. The van der Waals surface area contributed by atoms with Gasteiger partial charge < -0.3 is 4.90 Å².